The van der Waals surface area contributed by atoms with E-state index in [2.05, 4.69) is 5.32 Å². The number of furan rings is 1. The number of nitrogens with two attached hydrogens (primary N) is 1. The first-order valence-electron chi connectivity index (χ1n) is 6.18. The normalized spacial score (nSPS) is 12.2. The van der Waals surface area contributed by atoms with Crippen molar-refractivity contribution in [1.29, 1.82) is 0 Å². The maximum Gasteiger partial charge on any atom is 0.279 e. The summed E-state index contributed by atoms with van der Waals surface area (Å²) < 4.78 is 5.28. The molecule has 1 aromatic heterocycles. The van der Waals surface area contributed by atoms with Gasteiger partial charge in [-0.1, -0.05) is 23.2 Å². The molecule has 0 unspecified atom stereocenters. The van der Waals surface area contributed by atoms with Crippen LogP contribution in [0.5, 0.6) is 0 Å². The van der Waals surface area contributed by atoms with Crippen LogP contribution in [0.25, 0.3) is 0 Å². The van der Waals surface area contributed by atoms with Gasteiger partial charge in [-0.25, -0.2) is 0 Å². The van der Waals surface area contributed by atoms with E-state index >= 15 is 0 Å². The van der Waals surface area contributed by atoms with E-state index in [4.69, 9.17) is 27.6 Å². The Morgan fingerprint density at radius 1 is 1.40 bits per heavy atom. The SMILES string of the molecule is C[C@H]([NH2+]CC(=O)Nc1cc(Cl)ccc1Cl)c1ccco1. The maximum atomic E-state index is 11.9. The Morgan fingerprint density at radius 3 is 2.90 bits per heavy atom. The Morgan fingerprint density at radius 2 is 2.20 bits per heavy atom. The fourth-order valence-electron chi connectivity index (χ4n) is 1.74. The number of hydrogen-bond acceptors (Lipinski definition) is 2. The Labute approximate surface area is 127 Å². The molecule has 0 aliphatic rings. The molecular formula is C14H15Cl2N2O2+. The Hall–Kier alpha value is -1.49. The van der Waals surface area contributed by atoms with E-state index < -0.39 is 0 Å². The van der Waals surface area contributed by atoms with Gasteiger partial charge < -0.3 is 15.1 Å². The van der Waals surface area contributed by atoms with Gasteiger partial charge in [0.2, 0.25) is 0 Å². The molecule has 1 heterocycles. The van der Waals surface area contributed by atoms with Crippen molar-refractivity contribution in [2.75, 3.05) is 11.9 Å². The highest BCUT2D eigenvalue weighted by Crippen LogP contribution is 2.25. The van der Waals surface area contributed by atoms with Crippen LogP contribution in [-0.4, -0.2) is 12.5 Å². The molecule has 0 aliphatic carbocycles. The summed E-state index contributed by atoms with van der Waals surface area (Å²) in [6.45, 7) is 2.24. The molecule has 0 saturated carbocycles. The predicted octanol–water partition coefficient (Wildman–Crippen LogP) is 2.85. The zero-order valence-corrected chi connectivity index (χ0v) is 12.4. The molecule has 2 aromatic rings. The number of carbonyl (C=O) groups is 1. The van der Waals surface area contributed by atoms with Crippen molar-refractivity contribution in [3.63, 3.8) is 0 Å². The Bertz CT molecular complexity index is 585. The molecule has 0 aliphatic heterocycles. The molecule has 4 nitrogen and oxygen atoms in total. The first-order valence-corrected chi connectivity index (χ1v) is 6.93. The lowest BCUT2D eigenvalue weighted by atomic mass is 10.2. The minimum atomic E-state index is -0.146. The van der Waals surface area contributed by atoms with E-state index in [1.54, 1.807) is 24.5 Å². The van der Waals surface area contributed by atoms with Gasteiger partial charge in [0.05, 0.1) is 17.0 Å². The van der Waals surface area contributed by atoms with Crippen LogP contribution < -0.4 is 10.6 Å². The molecular weight excluding hydrogens is 299 g/mol. The van der Waals surface area contributed by atoms with Crippen LogP contribution in [-0.2, 0) is 4.79 Å². The quantitative estimate of drug-likeness (QED) is 0.891. The summed E-state index contributed by atoms with van der Waals surface area (Å²) in [5.74, 6) is 0.686. The van der Waals surface area contributed by atoms with Gasteiger partial charge in [0.15, 0.2) is 12.3 Å². The molecule has 1 atom stereocenters. The van der Waals surface area contributed by atoms with Gasteiger partial charge in [0.25, 0.3) is 5.91 Å². The molecule has 3 N–H and O–H groups in total. The smallest absolute Gasteiger partial charge is 0.279 e. The highest BCUT2D eigenvalue weighted by molar-refractivity contribution is 6.35. The van der Waals surface area contributed by atoms with Crippen LogP contribution in [0.2, 0.25) is 10.0 Å². The minimum absolute atomic E-state index is 0.0746. The number of halogens is 2. The fourth-order valence-corrected chi connectivity index (χ4v) is 2.08. The van der Waals surface area contributed by atoms with Gasteiger partial charge >= 0.3 is 0 Å². The minimum Gasteiger partial charge on any atom is -0.463 e. The van der Waals surface area contributed by atoms with Crippen LogP contribution in [0.1, 0.15) is 18.7 Å². The summed E-state index contributed by atoms with van der Waals surface area (Å²) in [7, 11) is 0. The monoisotopic (exact) mass is 313 g/mol. The van der Waals surface area contributed by atoms with Crippen molar-refractivity contribution in [3.8, 4) is 0 Å². The molecule has 0 bridgehead atoms. The zero-order valence-electron chi connectivity index (χ0n) is 10.9. The van der Waals surface area contributed by atoms with Gasteiger partial charge in [0, 0.05) is 5.02 Å². The molecule has 106 valence electrons. The molecule has 20 heavy (non-hydrogen) atoms. The molecule has 6 heteroatoms. The highest BCUT2D eigenvalue weighted by Gasteiger charge is 2.14. The largest absolute Gasteiger partial charge is 0.463 e. The number of quaternary nitrogens is 1. The predicted molar refractivity (Wildman–Crippen MR) is 79.0 cm³/mol. The summed E-state index contributed by atoms with van der Waals surface area (Å²) in [6.07, 6.45) is 1.62. The topological polar surface area (TPSA) is 58.9 Å². The van der Waals surface area contributed by atoms with E-state index in [0.717, 1.165) is 5.76 Å². The average molecular weight is 314 g/mol. The van der Waals surface area contributed by atoms with Crippen molar-refractivity contribution in [2.45, 2.75) is 13.0 Å². The summed E-state index contributed by atoms with van der Waals surface area (Å²) in [4.78, 5) is 11.9. The maximum absolute atomic E-state index is 11.9. The van der Waals surface area contributed by atoms with E-state index in [1.807, 2.05) is 24.4 Å². The molecule has 1 aromatic carbocycles. The van der Waals surface area contributed by atoms with Gasteiger partial charge in [-0.2, -0.15) is 0 Å². The second kappa shape index (κ2) is 6.79. The van der Waals surface area contributed by atoms with Crippen LogP contribution in [0, 0.1) is 0 Å². The molecule has 0 spiro atoms. The Balaban J connectivity index is 1.88. The van der Waals surface area contributed by atoms with Gasteiger partial charge in [-0.3, -0.25) is 4.79 Å². The second-order valence-electron chi connectivity index (χ2n) is 4.42. The third-order valence-electron chi connectivity index (χ3n) is 2.85. The fraction of sp³-hybridized carbons (Fsp3) is 0.214. The highest BCUT2D eigenvalue weighted by atomic mass is 35.5. The van der Waals surface area contributed by atoms with Gasteiger partial charge in [-0.15, -0.1) is 0 Å². The van der Waals surface area contributed by atoms with E-state index in [1.165, 1.54) is 0 Å². The van der Waals surface area contributed by atoms with Crippen LogP contribution in [0.4, 0.5) is 5.69 Å². The van der Waals surface area contributed by atoms with Crippen molar-refractivity contribution >= 4 is 34.8 Å². The number of anilines is 1. The lowest BCUT2D eigenvalue weighted by molar-refractivity contribution is -0.684. The molecule has 0 fully saturated rings. The number of hydrogen-bond donors (Lipinski definition) is 2. The molecule has 1 amide bonds. The third-order valence-corrected chi connectivity index (χ3v) is 3.42. The van der Waals surface area contributed by atoms with Crippen LogP contribution in [0.3, 0.4) is 0 Å². The first kappa shape index (κ1) is 14.9. The summed E-state index contributed by atoms with van der Waals surface area (Å²) in [5.41, 5.74) is 0.517. The van der Waals surface area contributed by atoms with E-state index in [9.17, 15) is 4.79 Å². The van der Waals surface area contributed by atoms with Crippen molar-refractivity contribution in [3.05, 3.63) is 52.4 Å². The Kier molecular flexibility index (Phi) is 5.06. The number of amides is 1. The van der Waals surface area contributed by atoms with Crippen molar-refractivity contribution in [2.24, 2.45) is 0 Å². The third kappa shape index (κ3) is 4.00. The lowest BCUT2D eigenvalue weighted by Gasteiger charge is -2.09. The van der Waals surface area contributed by atoms with E-state index in [-0.39, 0.29) is 18.5 Å². The van der Waals surface area contributed by atoms with Crippen molar-refractivity contribution in [1.82, 2.24) is 0 Å². The number of nitrogens with one attached hydrogen (secondary N) is 1. The molecule has 2 rings (SSSR count). The number of benzene rings is 1. The second-order valence-corrected chi connectivity index (χ2v) is 5.26. The molecule has 0 saturated heterocycles. The summed E-state index contributed by atoms with van der Waals surface area (Å²) in [5, 5.41) is 5.60. The summed E-state index contributed by atoms with van der Waals surface area (Å²) in [6, 6.07) is 8.72. The standard InChI is InChI=1S/C14H14Cl2N2O2/c1-9(13-3-2-6-20-13)17-8-14(19)18-12-7-10(15)4-5-11(12)16/h2-7,9,17H,8H2,1H3,(H,18,19)/p+1/t9-/m0/s1. The summed E-state index contributed by atoms with van der Waals surface area (Å²) >= 11 is 11.9. The number of rotatable bonds is 5. The van der Waals surface area contributed by atoms with Gasteiger partial charge in [-0.05, 0) is 37.3 Å². The van der Waals surface area contributed by atoms with Crippen molar-refractivity contribution < 1.29 is 14.5 Å². The zero-order chi connectivity index (χ0) is 14.5. The number of carbonyl (C=O) groups excluding carboxylic acids is 1. The molecule has 0 radical (unpaired) electrons. The van der Waals surface area contributed by atoms with Crippen LogP contribution >= 0.6 is 23.2 Å². The van der Waals surface area contributed by atoms with Gasteiger partial charge in [0.1, 0.15) is 6.04 Å². The van der Waals surface area contributed by atoms with E-state index in [0.29, 0.717) is 15.7 Å². The first-order chi connectivity index (χ1) is 9.56. The lowest BCUT2D eigenvalue weighted by Crippen LogP contribution is -2.86. The van der Waals surface area contributed by atoms with Crippen LogP contribution in [0.15, 0.2) is 41.0 Å². The average Bonchev–Trinajstić information content (AvgIpc) is 2.94.